The molecule has 0 aromatic carbocycles. The van der Waals surface area contributed by atoms with Gasteiger partial charge in [0.2, 0.25) is 0 Å². The van der Waals surface area contributed by atoms with Crippen LogP contribution in [0.25, 0.3) is 0 Å². The van der Waals surface area contributed by atoms with Crippen molar-refractivity contribution in [2.75, 3.05) is 0 Å². The summed E-state index contributed by atoms with van der Waals surface area (Å²) in [7, 11) is 0. The third-order valence-electron chi connectivity index (χ3n) is 2.02. The number of hydrogen-bond acceptors (Lipinski definition) is 0. The summed E-state index contributed by atoms with van der Waals surface area (Å²) in [4.78, 5) is 0. The first-order valence-corrected chi connectivity index (χ1v) is 4.13. The summed E-state index contributed by atoms with van der Waals surface area (Å²) < 4.78 is 0. The molecule has 1 aliphatic carbocycles. The lowest BCUT2D eigenvalue weighted by Gasteiger charge is -2.22. The molecule has 0 saturated heterocycles. The summed E-state index contributed by atoms with van der Waals surface area (Å²) in [5.41, 5.74) is 1.77. The van der Waals surface area contributed by atoms with Gasteiger partial charge in [-0.05, 0) is 23.8 Å². The van der Waals surface area contributed by atoms with E-state index in [0.717, 1.165) is 12.8 Å². The van der Waals surface area contributed by atoms with E-state index in [9.17, 15) is 0 Å². The molecule has 0 radical (unpaired) electrons. The molecule has 0 aromatic heterocycles. The normalized spacial score (nSPS) is 21.1. The van der Waals surface area contributed by atoms with Crippen LogP contribution in [0.15, 0.2) is 36.5 Å². The van der Waals surface area contributed by atoms with Crippen LogP contribution in [-0.2, 0) is 0 Å². The van der Waals surface area contributed by atoms with E-state index in [-0.39, 0.29) is 0 Å². The molecular weight excluding hydrogens is 132 g/mol. The Morgan fingerprint density at radius 1 is 1.64 bits per heavy atom. The smallest absolute Gasteiger partial charge is 0.0103 e. The van der Waals surface area contributed by atoms with Crippen LogP contribution in [0.5, 0.6) is 0 Å². The van der Waals surface area contributed by atoms with Crippen molar-refractivity contribution in [2.24, 2.45) is 5.41 Å². The Bertz CT molecular complexity index is 204. The number of rotatable bonds is 2. The van der Waals surface area contributed by atoms with Crippen molar-refractivity contribution >= 4 is 0 Å². The maximum Gasteiger partial charge on any atom is -0.0103 e. The van der Waals surface area contributed by atoms with Crippen LogP contribution < -0.4 is 0 Å². The Hall–Kier alpha value is -0.780. The Morgan fingerprint density at radius 2 is 2.36 bits per heavy atom. The van der Waals surface area contributed by atoms with Crippen LogP contribution in [0.1, 0.15) is 26.7 Å². The first-order valence-electron chi connectivity index (χ1n) is 4.13. The van der Waals surface area contributed by atoms with Gasteiger partial charge >= 0.3 is 0 Å². The second-order valence-electron chi connectivity index (χ2n) is 3.80. The van der Waals surface area contributed by atoms with E-state index in [1.54, 1.807) is 0 Å². The van der Waals surface area contributed by atoms with E-state index >= 15 is 0 Å². The van der Waals surface area contributed by atoms with Gasteiger partial charge in [-0.3, -0.25) is 0 Å². The summed E-state index contributed by atoms with van der Waals surface area (Å²) in [5.74, 6) is 0. The molecule has 0 saturated carbocycles. The maximum atomic E-state index is 3.72. The van der Waals surface area contributed by atoms with Crippen molar-refractivity contribution in [1.29, 1.82) is 0 Å². The predicted molar refractivity (Wildman–Crippen MR) is 50.4 cm³/mol. The van der Waals surface area contributed by atoms with Crippen molar-refractivity contribution in [3.8, 4) is 0 Å². The predicted octanol–water partition coefficient (Wildman–Crippen LogP) is 3.48. The summed E-state index contributed by atoms with van der Waals surface area (Å²) >= 11 is 0. The van der Waals surface area contributed by atoms with E-state index in [0.29, 0.717) is 5.41 Å². The fraction of sp³-hybridized carbons (Fsp3) is 0.455. The van der Waals surface area contributed by atoms with E-state index < -0.39 is 0 Å². The molecule has 0 heterocycles. The van der Waals surface area contributed by atoms with E-state index in [2.05, 4.69) is 38.7 Å². The second kappa shape index (κ2) is 3.08. The highest BCUT2D eigenvalue weighted by atomic mass is 14.2. The zero-order valence-electron chi connectivity index (χ0n) is 7.43. The van der Waals surface area contributed by atoms with E-state index in [4.69, 9.17) is 0 Å². The highest BCUT2D eigenvalue weighted by Gasteiger charge is 2.14. The molecule has 0 aromatic rings. The Morgan fingerprint density at radius 3 is 2.82 bits per heavy atom. The summed E-state index contributed by atoms with van der Waals surface area (Å²) in [6.45, 7) is 8.23. The Balaban J connectivity index is 2.59. The topological polar surface area (TPSA) is 0 Å². The van der Waals surface area contributed by atoms with E-state index in [1.165, 1.54) is 5.57 Å². The molecule has 0 N–H and O–H groups in total. The molecule has 0 amide bonds. The fourth-order valence-electron chi connectivity index (χ4n) is 1.18. The highest BCUT2D eigenvalue weighted by molar-refractivity contribution is 5.27. The Kier molecular flexibility index (Phi) is 2.33. The van der Waals surface area contributed by atoms with Gasteiger partial charge in [0.05, 0.1) is 0 Å². The van der Waals surface area contributed by atoms with Gasteiger partial charge in [0.25, 0.3) is 0 Å². The first kappa shape index (κ1) is 8.32. The van der Waals surface area contributed by atoms with Crippen molar-refractivity contribution in [3.63, 3.8) is 0 Å². The summed E-state index contributed by atoms with van der Waals surface area (Å²) in [6, 6.07) is 0. The molecule has 0 unspecified atom stereocenters. The fourth-order valence-corrected chi connectivity index (χ4v) is 1.18. The third-order valence-corrected chi connectivity index (χ3v) is 2.02. The van der Waals surface area contributed by atoms with Gasteiger partial charge < -0.3 is 0 Å². The van der Waals surface area contributed by atoms with Gasteiger partial charge in [-0.15, -0.1) is 6.58 Å². The SMILES string of the molecule is C=CCC1=CCC(C)(C)C=C1. The van der Waals surface area contributed by atoms with Gasteiger partial charge in [0.15, 0.2) is 0 Å². The van der Waals surface area contributed by atoms with Gasteiger partial charge in [-0.25, -0.2) is 0 Å². The number of hydrogen-bond donors (Lipinski definition) is 0. The minimum atomic E-state index is 0.366. The number of allylic oxidation sites excluding steroid dienone is 5. The van der Waals surface area contributed by atoms with Crippen molar-refractivity contribution in [1.82, 2.24) is 0 Å². The van der Waals surface area contributed by atoms with Crippen LogP contribution in [0.2, 0.25) is 0 Å². The van der Waals surface area contributed by atoms with Crippen LogP contribution >= 0.6 is 0 Å². The molecule has 0 fully saturated rings. The minimum absolute atomic E-state index is 0.366. The lowest BCUT2D eigenvalue weighted by atomic mass is 9.83. The zero-order chi connectivity index (χ0) is 8.32. The monoisotopic (exact) mass is 148 g/mol. The highest BCUT2D eigenvalue weighted by Crippen LogP contribution is 2.28. The van der Waals surface area contributed by atoms with Gasteiger partial charge in [0.1, 0.15) is 0 Å². The lowest BCUT2D eigenvalue weighted by Crippen LogP contribution is -2.08. The minimum Gasteiger partial charge on any atom is -0.103 e. The molecule has 0 spiro atoms. The molecule has 0 atom stereocenters. The van der Waals surface area contributed by atoms with Crippen LogP contribution in [0.4, 0.5) is 0 Å². The molecule has 0 aliphatic heterocycles. The molecular formula is C11H16. The zero-order valence-corrected chi connectivity index (χ0v) is 7.43. The second-order valence-corrected chi connectivity index (χ2v) is 3.80. The summed E-state index contributed by atoms with van der Waals surface area (Å²) in [6.07, 6.45) is 10.9. The standard InChI is InChI=1S/C11H16/c1-4-5-10-6-8-11(2,3)9-7-10/h4,6-8H,1,5,9H2,2-3H3. The van der Waals surface area contributed by atoms with Gasteiger partial charge in [-0.2, -0.15) is 0 Å². The molecule has 1 rings (SSSR count). The lowest BCUT2D eigenvalue weighted by molar-refractivity contribution is 0.481. The average Bonchev–Trinajstić information content (AvgIpc) is 1.94. The van der Waals surface area contributed by atoms with Crippen LogP contribution in [0, 0.1) is 5.41 Å². The molecule has 1 aliphatic rings. The average molecular weight is 148 g/mol. The molecule has 11 heavy (non-hydrogen) atoms. The van der Waals surface area contributed by atoms with Gasteiger partial charge in [0, 0.05) is 0 Å². The molecule has 0 heteroatoms. The quantitative estimate of drug-likeness (QED) is 0.526. The molecule has 0 bridgehead atoms. The van der Waals surface area contributed by atoms with Gasteiger partial charge in [-0.1, -0.05) is 38.2 Å². The molecule has 60 valence electrons. The van der Waals surface area contributed by atoms with E-state index in [1.807, 2.05) is 6.08 Å². The first-order chi connectivity index (χ1) is 5.14. The summed E-state index contributed by atoms with van der Waals surface area (Å²) in [5, 5.41) is 0. The van der Waals surface area contributed by atoms with Crippen molar-refractivity contribution < 1.29 is 0 Å². The Labute approximate surface area is 69.3 Å². The maximum absolute atomic E-state index is 3.72. The molecule has 0 nitrogen and oxygen atoms in total. The van der Waals surface area contributed by atoms with Crippen LogP contribution in [-0.4, -0.2) is 0 Å². The van der Waals surface area contributed by atoms with Crippen LogP contribution in [0.3, 0.4) is 0 Å². The van der Waals surface area contributed by atoms with Crippen molar-refractivity contribution in [2.45, 2.75) is 26.7 Å². The third kappa shape index (κ3) is 2.38. The largest absolute Gasteiger partial charge is 0.103 e. The van der Waals surface area contributed by atoms with Crippen molar-refractivity contribution in [3.05, 3.63) is 36.5 Å².